The minimum Gasteiger partial charge on any atom is -0.488 e. The second kappa shape index (κ2) is 9.16. The molecule has 1 aliphatic heterocycles. The molecule has 2 aromatic rings. The molecule has 2 aromatic carbocycles. The zero-order valence-electron chi connectivity index (χ0n) is 17.3. The standard InChI is InChI=1S/C24H21BrFNO5/c1-30-24(29)22-20(21-17(28)3-2-4-19(21)32-23(22)27)14-7-10-18(16(25)11-14)31-12-13-5-8-15(26)9-6-13/h5-11,20H,2-4,12,27H2,1H3/t20-/m1/s1. The first-order valence-corrected chi connectivity index (χ1v) is 10.9. The molecule has 0 saturated heterocycles. The fraction of sp³-hybridized carbons (Fsp3) is 0.250. The summed E-state index contributed by atoms with van der Waals surface area (Å²) in [6.07, 6.45) is 1.63. The number of carbonyl (C=O) groups excluding carboxylic acids is 2. The summed E-state index contributed by atoms with van der Waals surface area (Å²) in [6.45, 7) is 0.254. The third kappa shape index (κ3) is 4.27. The van der Waals surface area contributed by atoms with E-state index in [0.717, 1.165) is 5.56 Å². The van der Waals surface area contributed by atoms with Gasteiger partial charge in [0.15, 0.2) is 5.78 Å². The summed E-state index contributed by atoms with van der Waals surface area (Å²) in [5, 5.41) is 0. The first-order valence-electron chi connectivity index (χ1n) is 10.1. The maximum absolute atomic E-state index is 13.1. The molecule has 2 N–H and O–H groups in total. The molecule has 1 aliphatic carbocycles. The van der Waals surface area contributed by atoms with Gasteiger partial charge in [0, 0.05) is 18.4 Å². The Bertz CT molecular complexity index is 1140. The Labute approximate surface area is 193 Å². The summed E-state index contributed by atoms with van der Waals surface area (Å²) < 4.78 is 30.1. The summed E-state index contributed by atoms with van der Waals surface area (Å²) in [7, 11) is 1.26. The number of nitrogens with two attached hydrogens (primary N) is 1. The van der Waals surface area contributed by atoms with Gasteiger partial charge in [0.2, 0.25) is 5.88 Å². The lowest BCUT2D eigenvalue weighted by Gasteiger charge is -2.32. The SMILES string of the molecule is COC(=O)C1=C(N)OC2=C(C(=O)CCC2)[C@H]1c1ccc(OCc2ccc(F)cc2)c(Br)c1. The average molecular weight is 502 g/mol. The van der Waals surface area contributed by atoms with Crippen LogP contribution >= 0.6 is 15.9 Å². The van der Waals surface area contributed by atoms with Crippen LogP contribution in [0.4, 0.5) is 4.39 Å². The van der Waals surface area contributed by atoms with E-state index < -0.39 is 11.9 Å². The molecule has 0 spiro atoms. The molecule has 0 unspecified atom stereocenters. The van der Waals surface area contributed by atoms with Crippen LogP contribution in [0.15, 0.2) is 69.7 Å². The van der Waals surface area contributed by atoms with Crippen LogP contribution in [0.5, 0.6) is 5.75 Å². The maximum Gasteiger partial charge on any atom is 0.340 e. The minimum absolute atomic E-state index is 0.0527. The zero-order chi connectivity index (χ0) is 22.8. The summed E-state index contributed by atoms with van der Waals surface area (Å²) >= 11 is 3.51. The Kier molecular flexibility index (Phi) is 6.32. The minimum atomic E-state index is -0.693. The molecular formula is C24H21BrFNO5. The van der Waals surface area contributed by atoms with Gasteiger partial charge < -0.3 is 19.9 Å². The van der Waals surface area contributed by atoms with Crippen molar-refractivity contribution in [3.05, 3.63) is 86.7 Å². The number of rotatable bonds is 5. The van der Waals surface area contributed by atoms with Gasteiger partial charge in [-0.3, -0.25) is 4.79 Å². The number of ketones is 1. The third-order valence-corrected chi connectivity index (χ3v) is 6.11. The fourth-order valence-electron chi connectivity index (χ4n) is 3.95. The molecule has 8 heteroatoms. The van der Waals surface area contributed by atoms with Crippen molar-refractivity contribution in [2.75, 3.05) is 7.11 Å². The monoisotopic (exact) mass is 501 g/mol. The lowest BCUT2D eigenvalue weighted by atomic mass is 9.77. The van der Waals surface area contributed by atoms with E-state index in [4.69, 9.17) is 19.9 Å². The van der Waals surface area contributed by atoms with Gasteiger partial charge >= 0.3 is 5.97 Å². The van der Waals surface area contributed by atoms with Gasteiger partial charge in [-0.1, -0.05) is 18.2 Å². The highest BCUT2D eigenvalue weighted by Crippen LogP contribution is 2.45. The molecule has 0 amide bonds. The number of ether oxygens (including phenoxy) is 3. The van der Waals surface area contributed by atoms with E-state index in [1.807, 2.05) is 0 Å². The first-order chi connectivity index (χ1) is 15.4. The molecular weight excluding hydrogens is 481 g/mol. The number of methoxy groups -OCH3 is 1. The number of hydrogen-bond donors (Lipinski definition) is 1. The van der Waals surface area contributed by atoms with Crippen molar-refractivity contribution in [2.24, 2.45) is 5.73 Å². The number of esters is 1. The van der Waals surface area contributed by atoms with Crippen LogP contribution in [0, 0.1) is 5.82 Å². The number of halogens is 2. The van der Waals surface area contributed by atoms with E-state index in [9.17, 15) is 14.0 Å². The lowest BCUT2D eigenvalue weighted by Crippen LogP contribution is -2.31. The third-order valence-electron chi connectivity index (χ3n) is 5.49. The highest BCUT2D eigenvalue weighted by molar-refractivity contribution is 9.10. The second-order valence-electron chi connectivity index (χ2n) is 7.52. The first kappa shape index (κ1) is 22.1. The van der Waals surface area contributed by atoms with Crippen molar-refractivity contribution in [3.63, 3.8) is 0 Å². The second-order valence-corrected chi connectivity index (χ2v) is 8.38. The molecule has 0 fully saturated rings. The molecule has 32 heavy (non-hydrogen) atoms. The summed E-state index contributed by atoms with van der Waals surface area (Å²) in [4.78, 5) is 25.3. The van der Waals surface area contributed by atoms with Crippen molar-refractivity contribution in [1.29, 1.82) is 0 Å². The average Bonchev–Trinajstić information content (AvgIpc) is 2.78. The lowest BCUT2D eigenvalue weighted by molar-refractivity contribution is -0.136. The molecule has 0 radical (unpaired) electrons. The summed E-state index contributed by atoms with van der Waals surface area (Å²) in [5.74, 6) is -0.710. The van der Waals surface area contributed by atoms with Gasteiger partial charge in [0.1, 0.15) is 29.5 Å². The molecule has 0 saturated carbocycles. The molecule has 2 aliphatic rings. The van der Waals surface area contributed by atoms with E-state index >= 15 is 0 Å². The molecule has 1 heterocycles. The van der Waals surface area contributed by atoms with Gasteiger partial charge in [-0.25, -0.2) is 9.18 Å². The Hall–Kier alpha value is -3.13. The van der Waals surface area contributed by atoms with E-state index in [0.29, 0.717) is 46.4 Å². The van der Waals surface area contributed by atoms with Gasteiger partial charge in [-0.05, 0) is 57.7 Å². The van der Waals surface area contributed by atoms with Crippen LogP contribution in [0.3, 0.4) is 0 Å². The maximum atomic E-state index is 13.1. The Morgan fingerprint density at radius 3 is 2.66 bits per heavy atom. The summed E-state index contributed by atoms with van der Waals surface area (Å²) in [5.41, 5.74) is 8.12. The van der Waals surface area contributed by atoms with Gasteiger partial charge in [-0.15, -0.1) is 0 Å². The largest absolute Gasteiger partial charge is 0.488 e. The van der Waals surface area contributed by atoms with E-state index in [2.05, 4.69) is 15.9 Å². The molecule has 0 bridgehead atoms. The number of hydrogen-bond acceptors (Lipinski definition) is 6. The van der Waals surface area contributed by atoms with Gasteiger partial charge in [0.05, 0.1) is 17.5 Å². The van der Waals surface area contributed by atoms with Crippen LogP contribution in [-0.4, -0.2) is 18.9 Å². The van der Waals surface area contributed by atoms with E-state index in [1.165, 1.54) is 19.2 Å². The highest BCUT2D eigenvalue weighted by Gasteiger charge is 2.41. The Morgan fingerprint density at radius 1 is 1.22 bits per heavy atom. The van der Waals surface area contributed by atoms with Crippen LogP contribution in [0.1, 0.15) is 36.3 Å². The zero-order valence-corrected chi connectivity index (χ0v) is 18.9. The topological polar surface area (TPSA) is 87.9 Å². The number of allylic oxidation sites excluding steroid dienone is 2. The number of benzene rings is 2. The van der Waals surface area contributed by atoms with Crippen LogP contribution < -0.4 is 10.5 Å². The summed E-state index contributed by atoms with van der Waals surface area (Å²) in [6, 6.07) is 11.4. The van der Waals surface area contributed by atoms with Crippen LogP contribution in [0.25, 0.3) is 0 Å². The van der Waals surface area contributed by atoms with E-state index in [1.54, 1.807) is 30.3 Å². The van der Waals surface area contributed by atoms with Crippen molar-refractivity contribution >= 4 is 27.7 Å². The predicted octanol–water partition coefficient (Wildman–Crippen LogP) is 4.63. The Balaban J connectivity index is 1.67. The van der Waals surface area contributed by atoms with Crippen molar-refractivity contribution < 1.29 is 28.2 Å². The van der Waals surface area contributed by atoms with Gasteiger partial charge in [-0.2, -0.15) is 0 Å². The smallest absolute Gasteiger partial charge is 0.340 e. The number of Topliss-reactive ketones (excluding diaryl/α,β-unsaturated/α-hetero) is 1. The van der Waals surface area contributed by atoms with Crippen molar-refractivity contribution in [2.45, 2.75) is 31.8 Å². The molecule has 0 aromatic heterocycles. The number of carbonyl (C=O) groups is 2. The van der Waals surface area contributed by atoms with Crippen LogP contribution in [0.2, 0.25) is 0 Å². The van der Waals surface area contributed by atoms with Crippen LogP contribution in [-0.2, 0) is 25.7 Å². The fourth-order valence-corrected chi connectivity index (χ4v) is 4.46. The molecule has 4 rings (SSSR count). The van der Waals surface area contributed by atoms with Crippen molar-refractivity contribution in [3.8, 4) is 5.75 Å². The quantitative estimate of drug-likeness (QED) is 0.600. The predicted molar refractivity (Wildman–Crippen MR) is 118 cm³/mol. The molecule has 166 valence electrons. The normalized spacial score (nSPS) is 18.2. The van der Waals surface area contributed by atoms with E-state index in [-0.39, 0.29) is 29.7 Å². The Morgan fingerprint density at radius 2 is 1.97 bits per heavy atom. The molecule has 1 atom stereocenters. The van der Waals surface area contributed by atoms with Gasteiger partial charge in [0.25, 0.3) is 0 Å². The molecule has 6 nitrogen and oxygen atoms in total. The van der Waals surface area contributed by atoms with Crippen molar-refractivity contribution in [1.82, 2.24) is 0 Å². The highest BCUT2D eigenvalue weighted by atomic mass is 79.9.